The summed E-state index contributed by atoms with van der Waals surface area (Å²) in [6, 6.07) is 15.6. The van der Waals surface area contributed by atoms with E-state index in [0.717, 1.165) is 16.8 Å². The molecular formula is C23H23N5O3. The molecule has 0 saturated heterocycles. The van der Waals surface area contributed by atoms with Crippen LogP contribution in [-0.2, 0) is 0 Å². The molecule has 0 radical (unpaired) electrons. The molecule has 2 heterocycles. The van der Waals surface area contributed by atoms with Crippen LogP contribution in [0.2, 0.25) is 0 Å². The molecule has 4 rings (SSSR count). The number of aromatic nitrogens is 4. The van der Waals surface area contributed by atoms with E-state index in [0.29, 0.717) is 35.8 Å². The summed E-state index contributed by atoms with van der Waals surface area (Å²) in [4.78, 5) is 17.4. The predicted molar refractivity (Wildman–Crippen MR) is 117 cm³/mol. The number of oxazole rings is 1. The van der Waals surface area contributed by atoms with Crippen molar-refractivity contribution in [2.75, 3.05) is 19.0 Å². The van der Waals surface area contributed by atoms with Crippen LogP contribution in [0.25, 0.3) is 22.7 Å². The van der Waals surface area contributed by atoms with E-state index in [-0.39, 0.29) is 6.01 Å². The summed E-state index contributed by atoms with van der Waals surface area (Å²) in [7, 11) is 1.60. The number of ether oxygens (including phenoxy) is 2. The molecule has 0 aliphatic rings. The smallest absolute Gasteiger partial charge is 0.321 e. The number of benzene rings is 2. The van der Waals surface area contributed by atoms with E-state index in [1.165, 1.54) is 6.39 Å². The van der Waals surface area contributed by atoms with Crippen LogP contribution in [0.4, 0.5) is 11.6 Å². The van der Waals surface area contributed by atoms with Crippen LogP contribution < -0.4 is 14.8 Å². The Balaban J connectivity index is 1.66. The summed E-state index contributed by atoms with van der Waals surface area (Å²) in [5.74, 6) is 2.51. The Kier molecular flexibility index (Phi) is 6.07. The fourth-order valence-corrected chi connectivity index (χ4v) is 2.88. The van der Waals surface area contributed by atoms with Crippen molar-refractivity contribution in [3.05, 3.63) is 61.1 Å². The van der Waals surface area contributed by atoms with Crippen molar-refractivity contribution in [2.24, 2.45) is 5.92 Å². The van der Waals surface area contributed by atoms with Crippen molar-refractivity contribution in [3.8, 4) is 34.5 Å². The van der Waals surface area contributed by atoms with Crippen LogP contribution in [0.15, 0.2) is 65.5 Å². The maximum absolute atomic E-state index is 5.77. The average molecular weight is 417 g/mol. The first-order valence-corrected chi connectivity index (χ1v) is 9.90. The molecular weight excluding hydrogens is 394 g/mol. The molecule has 31 heavy (non-hydrogen) atoms. The average Bonchev–Trinajstić information content (AvgIpc) is 3.33. The van der Waals surface area contributed by atoms with Crippen LogP contribution >= 0.6 is 0 Å². The summed E-state index contributed by atoms with van der Waals surface area (Å²) in [6.07, 6.45) is 3.02. The van der Waals surface area contributed by atoms with Gasteiger partial charge in [0.2, 0.25) is 5.95 Å². The number of hydrogen-bond acceptors (Lipinski definition) is 8. The Bertz CT molecular complexity index is 1130. The highest BCUT2D eigenvalue weighted by Gasteiger charge is 2.13. The highest BCUT2D eigenvalue weighted by atomic mass is 16.5. The lowest BCUT2D eigenvalue weighted by Gasteiger charge is -2.12. The number of methoxy groups -OCH3 is 1. The van der Waals surface area contributed by atoms with Crippen molar-refractivity contribution in [1.82, 2.24) is 19.9 Å². The first-order chi connectivity index (χ1) is 15.1. The van der Waals surface area contributed by atoms with Crippen molar-refractivity contribution in [1.29, 1.82) is 0 Å². The Morgan fingerprint density at radius 3 is 2.58 bits per heavy atom. The first kappa shape index (κ1) is 20.3. The Labute approximate surface area is 180 Å². The van der Waals surface area contributed by atoms with Gasteiger partial charge in [0.25, 0.3) is 0 Å². The second-order valence-corrected chi connectivity index (χ2v) is 7.24. The van der Waals surface area contributed by atoms with Gasteiger partial charge in [-0.15, -0.1) is 0 Å². The molecule has 8 nitrogen and oxygen atoms in total. The van der Waals surface area contributed by atoms with Gasteiger partial charge >= 0.3 is 6.01 Å². The zero-order chi connectivity index (χ0) is 21.6. The number of nitrogens with zero attached hydrogens (tertiary/aromatic N) is 4. The summed E-state index contributed by atoms with van der Waals surface area (Å²) >= 11 is 0. The minimum absolute atomic E-state index is 0.273. The van der Waals surface area contributed by atoms with Crippen LogP contribution in [0.3, 0.4) is 0 Å². The van der Waals surface area contributed by atoms with Crippen molar-refractivity contribution in [3.63, 3.8) is 0 Å². The molecule has 4 aromatic rings. The molecule has 0 unspecified atom stereocenters. The highest BCUT2D eigenvalue weighted by molar-refractivity contribution is 5.71. The summed E-state index contributed by atoms with van der Waals surface area (Å²) in [6.45, 7) is 4.65. The zero-order valence-electron chi connectivity index (χ0n) is 17.6. The third-order valence-corrected chi connectivity index (χ3v) is 4.35. The van der Waals surface area contributed by atoms with E-state index < -0.39 is 0 Å². The Hall–Kier alpha value is -3.94. The molecule has 0 fully saturated rings. The molecule has 2 aromatic carbocycles. The van der Waals surface area contributed by atoms with Gasteiger partial charge in [-0.2, -0.15) is 15.0 Å². The third kappa shape index (κ3) is 4.98. The fraction of sp³-hybridized carbons (Fsp3) is 0.217. The SMILES string of the molecule is COc1cc(Nc2nc(OCC(C)C)nc(-c3ccccc3)n2)ccc1-c1cnco1. The number of rotatable bonds is 8. The second-order valence-electron chi connectivity index (χ2n) is 7.24. The highest BCUT2D eigenvalue weighted by Crippen LogP contribution is 2.33. The van der Waals surface area contributed by atoms with Crippen LogP contribution in [0, 0.1) is 5.92 Å². The second kappa shape index (κ2) is 9.25. The standard InChI is InChI=1S/C23H23N5O3/c1-15(2)13-30-23-27-21(16-7-5-4-6-8-16)26-22(28-23)25-17-9-10-18(19(11-17)29-3)20-12-24-14-31-20/h4-12,14-15H,13H2,1-3H3,(H,25,26,27,28). The maximum Gasteiger partial charge on any atom is 0.321 e. The Morgan fingerprint density at radius 1 is 1.03 bits per heavy atom. The van der Waals surface area contributed by atoms with Gasteiger partial charge in [-0.25, -0.2) is 4.98 Å². The molecule has 1 N–H and O–H groups in total. The summed E-state index contributed by atoms with van der Waals surface area (Å²) < 4.78 is 16.7. The fourth-order valence-electron chi connectivity index (χ4n) is 2.88. The molecule has 0 atom stereocenters. The van der Waals surface area contributed by atoms with Gasteiger partial charge in [0.1, 0.15) is 5.75 Å². The predicted octanol–water partition coefficient (Wildman–Crippen LogP) is 4.98. The van der Waals surface area contributed by atoms with Gasteiger partial charge in [0.15, 0.2) is 18.0 Å². The number of nitrogens with one attached hydrogen (secondary N) is 1. The zero-order valence-corrected chi connectivity index (χ0v) is 17.6. The van der Waals surface area contributed by atoms with Gasteiger partial charge in [-0.3, -0.25) is 0 Å². The lowest BCUT2D eigenvalue weighted by molar-refractivity contribution is 0.251. The molecule has 0 amide bonds. The molecule has 0 saturated carbocycles. The minimum atomic E-state index is 0.273. The topological polar surface area (TPSA) is 95.2 Å². The van der Waals surface area contributed by atoms with Gasteiger partial charge in [-0.1, -0.05) is 44.2 Å². The number of hydrogen-bond donors (Lipinski definition) is 1. The lowest BCUT2D eigenvalue weighted by atomic mass is 10.1. The molecule has 0 spiro atoms. The molecule has 2 aromatic heterocycles. The van der Waals surface area contributed by atoms with E-state index in [9.17, 15) is 0 Å². The van der Waals surface area contributed by atoms with Gasteiger partial charge in [0.05, 0.1) is 25.5 Å². The first-order valence-electron chi connectivity index (χ1n) is 9.90. The van der Waals surface area contributed by atoms with E-state index in [1.54, 1.807) is 13.3 Å². The number of anilines is 2. The monoisotopic (exact) mass is 417 g/mol. The molecule has 0 aliphatic carbocycles. The van der Waals surface area contributed by atoms with E-state index >= 15 is 0 Å². The maximum atomic E-state index is 5.77. The lowest BCUT2D eigenvalue weighted by Crippen LogP contribution is -2.10. The van der Waals surface area contributed by atoms with Gasteiger partial charge in [0, 0.05) is 17.3 Å². The van der Waals surface area contributed by atoms with Gasteiger partial charge < -0.3 is 19.2 Å². The van der Waals surface area contributed by atoms with Crippen molar-refractivity contribution < 1.29 is 13.9 Å². The largest absolute Gasteiger partial charge is 0.496 e. The van der Waals surface area contributed by atoms with Crippen molar-refractivity contribution >= 4 is 11.6 Å². The van der Waals surface area contributed by atoms with E-state index in [1.807, 2.05) is 48.5 Å². The van der Waals surface area contributed by atoms with Crippen LogP contribution in [0.5, 0.6) is 11.8 Å². The van der Waals surface area contributed by atoms with Crippen molar-refractivity contribution in [2.45, 2.75) is 13.8 Å². The van der Waals surface area contributed by atoms with E-state index in [4.69, 9.17) is 13.9 Å². The quantitative estimate of drug-likeness (QED) is 0.429. The minimum Gasteiger partial charge on any atom is -0.496 e. The van der Waals surface area contributed by atoms with E-state index in [2.05, 4.69) is 39.1 Å². The molecule has 8 heteroatoms. The molecule has 0 bridgehead atoms. The van der Waals surface area contributed by atoms with Crippen LogP contribution in [0.1, 0.15) is 13.8 Å². The molecule has 158 valence electrons. The Morgan fingerprint density at radius 2 is 1.87 bits per heavy atom. The molecule has 0 aliphatic heterocycles. The summed E-state index contributed by atoms with van der Waals surface area (Å²) in [5.41, 5.74) is 2.42. The third-order valence-electron chi connectivity index (χ3n) is 4.35. The summed E-state index contributed by atoms with van der Waals surface area (Å²) in [5, 5.41) is 3.22. The van der Waals surface area contributed by atoms with Gasteiger partial charge in [-0.05, 0) is 18.1 Å². The van der Waals surface area contributed by atoms with Crippen LogP contribution in [-0.4, -0.2) is 33.7 Å². The normalized spacial score (nSPS) is 10.8.